The number of hydrogen-bond donors (Lipinski definition) is 1. The van der Waals surface area contributed by atoms with Crippen LogP contribution in [0.25, 0.3) is 0 Å². The minimum atomic E-state index is -0.455. The van der Waals surface area contributed by atoms with Crippen LogP contribution in [0.4, 0.5) is 11.4 Å². The Kier molecular flexibility index (Phi) is 5.65. The molecular formula is C21H23N3O2S. The maximum atomic E-state index is 12.5. The number of carbonyl (C=O) groups is 2. The predicted octanol–water partition coefficient (Wildman–Crippen LogP) is 4.20. The second-order valence-corrected chi connectivity index (χ2v) is 7.91. The molecule has 1 aliphatic rings. The molecule has 6 heteroatoms. The number of benzene rings is 2. The molecule has 1 heterocycles. The number of carbonyl (C=O) groups excluding carboxylic acids is 2. The highest BCUT2D eigenvalue weighted by Gasteiger charge is 2.37. The zero-order valence-corrected chi connectivity index (χ0v) is 16.8. The minimum Gasteiger partial charge on any atom is -0.326 e. The lowest BCUT2D eigenvalue weighted by atomic mass is 10.1. The highest BCUT2D eigenvalue weighted by molar-refractivity contribution is 8.15. The lowest BCUT2D eigenvalue weighted by Crippen LogP contribution is -2.30. The topological polar surface area (TPSA) is 61.8 Å². The van der Waals surface area contributed by atoms with E-state index < -0.39 is 5.25 Å². The number of hydrogen-bond acceptors (Lipinski definition) is 4. The SMILES string of the molecule is Cc1cccc(N=C2S[C@@H](CC(=O)Nc3cccc(C)c3C)C(=O)N2C)c1. The normalized spacial score (nSPS) is 18.2. The number of rotatable bonds is 4. The summed E-state index contributed by atoms with van der Waals surface area (Å²) in [4.78, 5) is 31.1. The first-order chi connectivity index (χ1) is 12.8. The Morgan fingerprint density at radius 1 is 1.19 bits per heavy atom. The smallest absolute Gasteiger partial charge is 0.242 e. The first-order valence-corrected chi connectivity index (χ1v) is 9.69. The summed E-state index contributed by atoms with van der Waals surface area (Å²) in [6, 6.07) is 13.6. The molecule has 1 aliphatic heterocycles. The van der Waals surface area contributed by atoms with Gasteiger partial charge in [-0.05, 0) is 55.7 Å². The van der Waals surface area contributed by atoms with Gasteiger partial charge in [-0.15, -0.1) is 0 Å². The molecule has 1 saturated heterocycles. The number of amidine groups is 1. The largest absolute Gasteiger partial charge is 0.326 e. The third-order valence-corrected chi connectivity index (χ3v) is 5.85. The zero-order chi connectivity index (χ0) is 19.6. The Hall–Kier alpha value is -2.60. The van der Waals surface area contributed by atoms with Gasteiger partial charge in [0, 0.05) is 19.2 Å². The van der Waals surface area contributed by atoms with Crippen LogP contribution in [-0.4, -0.2) is 34.2 Å². The third-order valence-electron chi connectivity index (χ3n) is 4.62. The number of nitrogens with one attached hydrogen (secondary N) is 1. The maximum absolute atomic E-state index is 12.5. The molecule has 3 rings (SSSR count). The van der Waals surface area contributed by atoms with E-state index in [-0.39, 0.29) is 18.2 Å². The van der Waals surface area contributed by atoms with Gasteiger partial charge in [-0.1, -0.05) is 36.0 Å². The Morgan fingerprint density at radius 3 is 2.67 bits per heavy atom. The summed E-state index contributed by atoms with van der Waals surface area (Å²) in [6.07, 6.45) is 0.119. The van der Waals surface area contributed by atoms with Crippen molar-refractivity contribution in [1.82, 2.24) is 4.90 Å². The monoisotopic (exact) mass is 381 g/mol. The summed E-state index contributed by atoms with van der Waals surface area (Å²) in [6.45, 7) is 5.98. The summed E-state index contributed by atoms with van der Waals surface area (Å²) in [7, 11) is 1.70. The third kappa shape index (κ3) is 4.39. The van der Waals surface area contributed by atoms with Crippen molar-refractivity contribution in [2.24, 2.45) is 4.99 Å². The second-order valence-electron chi connectivity index (χ2n) is 6.74. The van der Waals surface area contributed by atoms with E-state index in [2.05, 4.69) is 10.3 Å². The molecule has 2 aromatic rings. The van der Waals surface area contributed by atoms with Gasteiger partial charge in [0.25, 0.3) is 0 Å². The number of aryl methyl sites for hydroxylation is 2. The van der Waals surface area contributed by atoms with Crippen molar-refractivity contribution in [2.75, 3.05) is 12.4 Å². The van der Waals surface area contributed by atoms with Crippen molar-refractivity contribution in [3.05, 3.63) is 59.2 Å². The van der Waals surface area contributed by atoms with E-state index in [1.807, 2.05) is 63.2 Å². The van der Waals surface area contributed by atoms with Gasteiger partial charge in [-0.2, -0.15) is 0 Å². The fourth-order valence-electron chi connectivity index (χ4n) is 2.86. The molecule has 2 amide bonds. The summed E-state index contributed by atoms with van der Waals surface area (Å²) < 4.78 is 0. The molecule has 0 bridgehead atoms. The van der Waals surface area contributed by atoms with E-state index in [1.54, 1.807) is 7.05 Å². The van der Waals surface area contributed by atoms with Crippen molar-refractivity contribution in [3.63, 3.8) is 0 Å². The van der Waals surface area contributed by atoms with Crippen molar-refractivity contribution < 1.29 is 9.59 Å². The lowest BCUT2D eigenvalue weighted by molar-refractivity contribution is -0.127. The molecule has 0 aromatic heterocycles. The Balaban J connectivity index is 1.70. The molecule has 2 aromatic carbocycles. The molecule has 0 aliphatic carbocycles. The van der Waals surface area contributed by atoms with Gasteiger partial charge in [0.2, 0.25) is 11.8 Å². The van der Waals surface area contributed by atoms with E-state index in [9.17, 15) is 9.59 Å². The highest BCUT2D eigenvalue weighted by Crippen LogP contribution is 2.31. The maximum Gasteiger partial charge on any atom is 0.242 e. The van der Waals surface area contributed by atoms with Crippen LogP contribution >= 0.6 is 11.8 Å². The van der Waals surface area contributed by atoms with Crippen LogP contribution in [-0.2, 0) is 9.59 Å². The molecule has 0 radical (unpaired) electrons. The van der Waals surface area contributed by atoms with Gasteiger partial charge in [0.05, 0.1) is 5.69 Å². The molecular weight excluding hydrogens is 358 g/mol. The van der Waals surface area contributed by atoms with Gasteiger partial charge in [0.15, 0.2) is 5.17 Å². The zero-order valence-electron chi connectivity index (χ0n) is 15.9. The van der Waals surface area contributed by atoms with E-state index in [0.717, 1.165) is 28.1 Å². The van der Waals surface area contributed by atoms with Gasteiger partial charge in [0.1, 0.15) is 5.25 Å². The fraction of sp³-hybridized carbons (Fsp3) is 0.286. The van der Waals surface area contributed by atoms with E-state index in [0.29, 0.717) is 5.17 Å². The van der Waals surface area contributed by atoms with Crippen LogP contribution in [0.5, 0.6) is 0 Å². The van der Waals surface area contributed by atoms with Crippen LogP contribution in [0, 0.1) is 20.8 Å². The molecule has 27 heavy (non-hydrogen) atoms. The number of aliphatic imine (C=N–C) groups is 1. The summed E-state index contributed by atoms with van der Waals surface area (Å²) in [5.74, 6) is -0.262. The number of amides is 2. The van der Waals surface area contributed by atoms with Crippen LogP contribution in [0.2, 0.25) is 0 Å². The van der Waals surface area contributed by atoms with Crippen molar-refractivity contribution in [2.45, 2.75) is 32.4 Å². The number of thioether (sulfide) groups is 1. The Morgan fingerprint density at radius 2 is 1.93 bits per heavy atom. The van der Waals surface area contributed by atoms with Gasteiger partial charge in [-0.3, -0.25) is 14.5 Å². The molecule has 0 saturated carbocycles. The molecule has 0 spiro atoms. The number of nitrogens with zero attached hydrogens (tertiary/aromatic N) is 2. The quantitative estimate of drug-likeness (QED) is 0.863. The van der Waals surface area contributed by atoms with Crippen LogP contribution in [0.1, 0.15) is 23.1 Å². The average molecular weight is 382 g/mol. The Bertz CT molecular complexity index is 923. The minimum absolute atomic E-state index is 0.0949. The number of anilines is 1. The van der Waals surface area contributed by atoms with Crippen molar-refractivity contribution >= 4 is 40.1 Å². The lowest BCUT2D eigenvalue weighted by Gasteiger charge is -2.12. The molecule has 140 valence electrons. The second kappa shape index (κ2) is 7.96. The molecule has 1 atom stereocenters. The standard InChI is InChI=1S/C21H23N3O2S/c1-13-7-5-9-16(11-13)22-21-24(4)20(26)18(27-21)12-19(25)23-17-10-6-8-14(2)15(17)3/h5-11,18H,12H2,1-4H3,(H,23,25)/t18-/m0/s1. The summed E-state index contributed by atoms with van der Waals surface area (Å²) in [5, 5.41) is 3.09. The van der Waals surface area contributed by atoms with Gasteiger partial charge < -0.3 is 5.32 Å². The van der Waals surface area contributed by atoms with Crippen LogP contribution in [0.15, 0.2) is 47.5 Å². The molecule has 1 fully saturated rings. The van der Waals surface area contributed by atoms with Gasteiger partial charge >= 0.3 is 0 Å². The van der Waals surface area contributed by atoms with Crippen molar-refractivity contribution in [3.8, 4) is 0 Å². The van der Waals surface area contributed by atoms with E-state index in [4.69, 9.17) is 0 Å². The van der Waals surface area contributed by atoms with E-state index >= 15 is 0 Å². The van der Waals surface area contributed by atoms with Gasteiger partial charge in [-0.25, -0.2) is 4.99 Å². The van der Waals surface area contributed by atoms with Crippen LogP contribution in [0.3, 0.4) is 0 Å². The first-order valence-electron chi connectivity index (χ1n) is 8.81. The Labute approximate surface area is 163 Å². The average Bonchev–Trinajstić information content (AvgIpc) is 2.87. The van der Waals surface area contributed by atoms with E-state index in [1.165, 1.54) is 16.7 Å². The molecule has 0 unspecified atom stereocenters. The predicted molar refractivity (Wildman–Crippen MR) is 112 cm³/mol. The van der Waals surface area contributed by atoms with Crippen LogP contribution < -0.4 is 5.32 Å². The summed E-state index contributed by atoms with van der Waals surface area (Å²) in [5.41, 5.74) is 4.86. The molecule has 1 N–H and O–H groups in total. The van der Waals surface area contributed by atoms with Crippen molar-refractivity contribution in [1.29, 1.82) is 0 Å². The fourth-order valence-corrected chi connectivity index (χ4v) is 4.02. The summed E-state index contributed by atoms with van der Waals surface area (Å²) >= 11 is 1.34. The molecule has 5 nitrogen and oxygen atoms in total. The highest BCUT2D eigenvalue weighted by atomic mass is 32.2. The first kappa shape index (κ1) is 19.2.